The third-order valence-electron chi connectivity index (χ3n) is 11.3. The van der Waals surface area contributed by atoms with Gasteiger partial charge >= 0.3 is 0 Å². The number of benzene rings is 6. The highest BCUT2D eigenvalue weighted by Gasteiger charge is 2.26. The first-order valence-corrected chi connectivity index (χ1v) is 21.2. The Morgan fingerprint density at radius 1 is 0.400 bits per heavy atom. The van der Waals surface area contributed by atoms with Gasteiger partial charge < -0.3 is 63.1 Å². The van der Waals surface area contributed by atoms with Crippen molar-refractivity contribution in [2.24, 2.45) is 0 Å². The van der Waals surface area contributed by atoms with E-state index in [0.717, 1.165) is 0 Å². The summed E-state index contributed by atoms with van der Waals surface area (Å²) in [5, 5.41) is 5.77. The van der Waals surface area contributed by atoms with Gasteiger partial charge in [-0.25, -0.2) is 0 Å². The highest BCUT2D eigenvalue weighted by Crippen LogP contribution is 2.40. The van der Waals surface area contributed by atoms with E-state index >= 15 is 0 Å². The van der Waals surface area contributed by atoms with Crippen molar-refractivity contribution >= 4 is 52.7 Å². The number of rotatable bonds is 19. The van der Waals surface area contributed by atoms with Gasteiger partial charge in [0.25, 0.3) is 23.6 Å². The van der Waals surface area contributed by atoms with Gasteiger partial charge in [-0.1, -0.05) is 12.1 Å². The molecule has 0 heterocycles. The zero-order valence-corrected chi connectivity index (χ0v) is 40.4. The smallest absolute Gasteiger partial charge is 0.262 e. The van der Waals surface area contributed by atoms with Crippen molar-refractivity contribution < 1.29 is 66.6 Å². The molecule has 18 nitrogen and oxygen atoms in total. The Morgan fingerprint density at radius 3 is 1.17 bits per heavy atom. The molecule has 0 aliphatic rings. The Labute approximate surface area is 404 Å². The van der Waals surface area contributed by atoms with Gasteiger partial charge in [-0.15, -0.1) is 0 Å². The van der Waals surface area contributed by atoms with Crippen LogP contribution in [0.25, 0.3) is 11.1 Å². The number of methoxy groups -OCH3 is 9. The number of nitrogens with one attached hydrogen (secondary N) is 2. The number of aldehydes is 1. The Morgan fingerprint density at radius 2 is 0.771 bits per heavy atom. The van der Waals surface area contributed by atoms with Crippen molar-refractivity contribution in [3.05, 3.63) is 125 Å². The first-order valence-electron chi connectivity index (χ1n) is 21.2. The zero-order chi connectivity index (χ0) is 50.8. The van der Waals surface area contributed by atoms with Crippen LogP contribution >= 0.6 is 0 Å². The monoisotopic (exact) mass is 956 g/mol. The molecule has 0 fully saturated rings. The number of carbonyl (C=O) groups excluding carboxylic acids is 5. The predicted molar refractivity (Wildman–Crippen MR) is 263 cm³/mol. The van der Waals surface area contributed by atoms with Gasteiger partial charge in [0.1, 0.15) is 28.7 Å². The molecule has 0 saturated carbocycles. The van der Waals surface area contributed by atoms with Gasteiger partial charge in [-0.05, 0) is 83.9 Å². The average molecular weight is 957 g/mol. The molecule has 0 atom stereocenters. The molecule has 4 amide bonds. The first-order chi connectivity index (χ1) is 33.7. The van der Waals surface area contributed by atoms with Gasteiger partial charge in [-0.3, -0.25) is 24.0 Å². The summed E-state index contributed by atoms with van der Waals surface area (Å²) in [6.07, 6.45) is 0.555. The van der Waals surface area contributed by atoms with Crippen molar-refractivity contribution in [1.82, 2.24) is 0 Å². The number of hydrogen-bond donors (Lipinski definition) is 2. The molecule has 0 spiro atoms. The molecule has 0 aliphatic carbocycles. The van der Waals surface area contributed by atoms with Crippen LogP contribution in [0.5, 0.6) is 51.7 Å². The molecule has 0 aromatic heterocycles. The summed E-state index contributed by atoms with van der Waals surface area (Å²) >= 11 is 0. The fourth-order valence-electron chi connectivity index (χ4n) is 7.48. The quantitative estimate of drug-likeness (QED) is 0.0735. The Balaban J connectivity index is 1.16. The predicted octanol–water partition coefficient (Wildman–Crippen LogP) is 8.30. The lowest BCUT2D eigenvalue weighted by molar-refractivity contribution is 0.0980. The fourth-order valence-corrected chi connectivity index (χ4v) is 7.48. The third kappa shape index (κ3) is 10.3. The summed E-state index contributed by atoms with van der Waals surface area (Å²) < 4.78 is 49.5. The van der Waals surface area contributed by atoms with Crippen LogP contribution in [-0.2, 0) is 0 Å². The summed E-state index contributed by atoms with van der Waals surface area (Å²) in [4.78, 5) is 69.3. The van der Waals surface area contributed by atoms with Crippen LogP contribution in [0, 0.1) is 0 Å². The molecule has 70 heavy (non-hydrogen) atoms. The Hall–Kier alpha value is -8.93. The maximum atomic E-state index is 13.8. The maximum Gasteiger partial charge on any atom is 0.262 e. The highest BCUT2D eigenvalue weighted by molar-refractivity contribution is 6.12. The second kappa shape index (κ2) is 22.2. The van der Waals surface area contributed by atoms with Crippen molar-refractivity contribution in [2.45, 2.75) is 0 Å². The first kappa shape index (κ1) is 50.5. The highest BCUT2D eigenvalue weighted by atomic mass is 16.5. The van der Waals surface area contributed by atoms with Crippen molar-refractivity contribution in [3.8, 4) is 62.9 Å². The SMILES string of the molecule is COc1cc(-c2ccc(NC(=O)c3ccc(N(C)C(=O)c4cc(OC)c(OC)cc4OC)c(OC)c3)c(OC)c2)ccc1NC(=O)c1ccc(N(C)C(=O)c2cc(OC)c(OC)cc2C=O)c(OC)c1. The van der Waals surface area contributed by atoms with E-state index < -0.39 is 23.6 Å². The van der Waals surface area contributed by atoms with Crippen molar-refractivity contribution in [1.29, 1.82) is 0 Å². The standard InChI is InChI=1S/C52H52N4O14/c1-55(51(60)34-25-46(68-9)45(67-8)24-33(34)28-57)38-18-14-31(22-43(38)65-6)49(58)53-36-16-12-29(20-41(36)63-4)30-13-17-37(42(21-30)64-5)54-50(59)32-15-19-39(44(23-32)66-7)56(2)52(61)35-26-47(69-10)48(70-11)27-40(35)62-3/h12-28H,1-11H3,(H,53,58)(H,54,59). The largest absolute Gasteiger partial charge is 0.496 e. The van der Waals surface area contributed by atoms with Crippen LogP contribution in [0.2, 0.25) is 0 Å². The molecular formula is C52H52N4O14. The lowest BCUT2D eigenvalue weighted by atomic mass is 10.0. The van der Waals surface area contributed by atoms with E-state index in [0.29, 0.717) is 68.9 Å². The van der Waals surface area contributed by atoms with Gasteiger partial charge in [0.05, 0.1) is 97.9 Å². The molecule has 0 unspecified atom stereocenters. The van der Waals surface area contributed by atoms with Crippen LogP contribution in [0.4, 0.5) is 22.7 Å². The minimum absolute atomic E-state index is 0.0758. The number of ether oxygens (including phenoxy) is 9. The molecule has 0 aliphatic heterocycles. The molecule has 0 radical (unpaired) electrons. The molecule has 6 aromatic rings. The van der Waals surface area contributed by atoms with E-state index in [2.05, 4.69) is 10.6 Å². The summed E-state index contributed by atoms with van der Waals surface area (Å²) in [5.74, 6) is 0.854. The number of anilines is 4. The van der Waals surface area contributed by atoms with E-state index in [4.69, 9.17) is 42.6 Å². The van der Waals surface area contributed by atoms with Crippen LogP contribution in [-0.4, -0.2) is 108 Å². The summed E-state index contributed by atoms with van der Waals surface area (Å²) in [6, 6.07) is 25.7. The second-order valence-corrected chi connectivity index (χ2v) is 15.1. The van der Waals surface area contributed by atoms with Crippen LogP contribution < -0.4 is 63.1 Å². The minimum atomic E-state index is -0.529. The molecule has 18 heteroatoms. The molecular weight excluding hydrogens is 905 g/mol. The Kier molecular flexibility index (Phi) is 16.0. The lowest BCUT2D eigenvalue weighted by Gasteiger charge is -2.22. The van der Waals surface area contributed by atoms with E-state index in [1.54, 1.807) is 67.7 Å². The van der Waals surface area contributed by atoms with Crippen LogP contribution in [0.3, 0.4) is 0 Å². The Bertz CT molecular complexity index is 2970. The summed E-state index contributed by atoms with van der Waals surface area (Å²) in [7, 11) is 16.1. The topological polar surface area (TPSA) is 199 Å². The van der Waals surface area contributed by atoms with Crippen molar-refractivity contribution in [2.75, 3.05) is 98.5 Å². The number of hydrogen-bond acceptors (Lipinski definition) is 14. The normalized spacial score (nSPS) is 10.5. The molecule has 6 rings (SSSR count). The number of amides is 4. The maximum absolute atomic E-state index is 13.8. The average Bonchev–Trinajstić information content (AvgIpc) is 3.40. The van der Waals surface area contributed by atoms with Gasteiger partial charge in [-0.2, -0.15) is 0 Å². The van der Waals surface area contributed by atoms with E-state index in [-0.39, 0.29) is 50.8 Å². The second-order valence-electron chi connectivity index (χ2n) is 15.1. The fraction of sp³-hybridized carbons (Fsp3) is 0.212. The molecule has 6 aromatic carbocycles. The molecule has 364 valence electrons. The summed E-state index contributed by atoms with van der Waals surface area (Å²) in [6.45, 7) is 0. The van der Waals surface area contributed by atoms with Crippen LogP contribution in [0.1, 0.15) is 51.8 Å². The van der Waals surface area contributed by atoms with E-state index in [1.807, 2.05) is 0 Å². The molecule has 2 N–H and O–H groups in total. The van der Waals surface area contributed by atoms with Gasteiger partial charge in [0.15, 0.2) is 29.3 Å². The van der Waals surface area contributed by atoms with E-state index in [9.17, 15) is 24.0 Å². The molecule has 0 bridgehead atoms. The van der Waals surface area contributed by atoms with Gasteiger partial charge in [0, 0.05) is 42.9 Å². The third-order valence-corrected chi connectivity index (χ3v) is 11.3. The lowest BCUT2D eigenvalue weighted by Crippen LogP contribution is -2.28. The molecule has 0 saturated heterocycles. The van der Waals surface area contributed by atoms with Gasteiger partial charge in [0.2, 0.25) is 0 Å². The zero-order valence-electron chi connectivity index (χ0n) is 40.4. The summed E-state index contributed by atoms with van der Waals surface area (Å²) in [5.41, 5.74) is 3.76. The minimum Gasteiger partial charge on any atom is -0.496 e. The van der Waals surface area contributed by atoms with Crippen molar-refractivity contribution in [3.63, 3.8) is 0 Å². The number of carbonyl (C=O) groups is 5. The number of nitrogens with zero attached hydrogens (tertiary/aromatic N) is 2. The van der Waals surface area contributed by atoms with Crippen LogP contribution in [0.15, 0.2) is 97.1 Å². The van der Waals surface area contributed by atoms with E-state index in [1.165, 1.54) is 117 Å².